The Kier molecular flexibility index (Phi) is 5.59. The molecule has 0 bridgehead atoms. The van der Waals surface area contributed by atoms with Crippen LogP contribution in [0.1, 0.15) is 35.4 Å². The van der Waals surface area contributed by atoms with Gasteiger partial charge in [0, 0.05) is 35.9 Å². The van der Waals surface area contributed by atoms with Crippen LogP contribution in [0.4, 0.5) is 13.2 Å². The molecule has 2 N–H and O–H groups in total. The first-order chi connectivity index (χ1) is 18.1. The summed E-state index contributed by atoms with van der Waals surface area (Å²) in [5.74, 6) is -3.29. The van der Waals surface area contributed by atoms with Crippen LogP contribution in [0, 0.1) is 11.2 Å². The van der Waals surface area contributed by atoms with Crippen molar-refractivity contribution < 1.29 is 27.2 Å². The molecule has 2 amide bonds. The highest BCUT2D eigenvalue weighted by Crippen LogP contribution is 2.49. The molecule has 0 atom stereocenters. The second-order valence-electron chi connectivity index (χ2n) is 10.4. The predicted molar refractivity (Wildman–Crippen MR) is 137 cm³/mol. The van der Waals surface area contributed by atoms with Crippen molar-refractivity contribution in [2.24, 2.45) is 11.1 Å². The van der Waals surface area contributed by atoms with Gasteiger partial charge in [0.1, 0.15) is 17.2 Å². The fourth-order valence-electron chi connectivity index (χ4n) is 5.20. The van der Waals surface area contributed by atoms with E-state index in [1.807, 2.05) is 18.2 Å². The molecule has 38 heavy (non-hydrogen) atoms. The van der Waals surface area contributed by atoms with Crippen LogP contribution in [0.5, 0.6) is 0 Å². The summed E-state index contributed by atoms with van der Waals surface area (Å²) in [6, 6.07) is 18.7. The normalized spacial score (nSPS) is 17.6. The predicted octanol–water partition coefficient (Wildman–Crippen LogP) is 6.20. The lowest BCUT2D eigenvalue weighted by molar-refractivity contribution is -0.123. The molecule has 1 saturated carbocycles. The Morgan fingerprint density at radius 2 is 1.58 bits per heavy atom. The lowest BCUT2D eigenvalue weighted by Crippen LogP contribution is -2.31. The minimum Gasteiger partial charge on any atom is -0.460 e. The second kappa shape index (κ2) is 8.75. The molecular formula is C30H25F3N2O3. The molecule has 8 heteroatoms. The molecule has 1 aliphatic heterocycles. The van der Waals surface area contributed by atoms with E-state index in [0.717, 1.165) is 40.5 Å². The van der Waals surface area contributed by atoms with Gasteiger partial charge in [-0.2, -0.15) is 0 Å². The molecule has 2 heterocycles. The lowest BCUT2D eigenvalue weighted by atomic mass is 9.95. The summed E-state index contributed by atoms with van der Waals surface area (Å²) in [6.07, 6.45) is 1.56. The van der Waals surface area contributed by atoms with E-state index in [4.69, 9.17) is 10.2 Å². The summed E-state index contributed by atoms with van der Waals surface area (Å²) in [5, 5.41) is 0.816. The Hall–Kier alpha value is -4.07. The minimum atomic E-state index is -2.85. The van der Waals surface area contributed by atoms with E-state index in [9.17, 15) is 22.8 Å². The Morgan fingerprint density at radius 1 is 0.895 bits per heavy atom. The van der Waals surface area contributed by atoms with Gasteiger partial charge >= 0.3 is 0 Å². The van der Waals surface area contributed by atoms with Gasteiger partial charge in [-0.3, -0.25) is 9.59 Å². The van der Waals surface area contributed by atoms with Crippen molar-refractivity contribution in [1.82, 2.24) is 4.90 Å². The minimum absolute atomic E-state index is 0.0329. The number of carbonyl (C=O) groups is 2. The highest BCUT2D eigenvalue weighted by atomic mass is 19.3. The molecule has 4 aromatic rings. The Labute approximate surface area is 217 Å². The summed E-state index contributed by atoms with van der Waals surface area (Å²) in [4.78, 5) is 25.8. The number of alkyl halides is 2. The zero-order valence-electron chi connectivity index (χ0n) is 20.5. The largest absolute Gasteiger partial charge is 0.460 e. The van der Waals surface area contributed by atoms with Crippen molar-refractivity contribution in [1.29, 1.82) is 0 Å². The van der Waals surface area contributed by atoms with E-state index in [1.54, 1.807) is 36.4 Å². The average Bonchev–Trinajstić information content (AvgIpc) is 3.43. The maximum Gasteiger partial charge on any atom is 0.267 e. The van der Waals surface area contributed by atoms with Crippen LogP contribution in [0.15, 0.2) is 71.1 Å². The molecule has 1 saturated heterocycles. The first kappa shape index (κ1) is 24.3. The molecule has 0 spiro atoms. The molecule has 2 aliphatic rings. The summed E-state index contributed by atoms with van der Waals surface area (Å²) in [6.45, 7) is -0.531. The molecule has 3 aromatic carbocycles. The van der Waals surface area contributed by atoms with Gasteiger partial charge in [0.25, 0.3) is 11.8 Å². The second-order valence-corrected chi connectivity index (χ2v) is 10.4. The van der Waals surface area contributed by atoms with Crippen molar-refractivity contribution in [3.8, 4) is 22.3 Å². The van der Waals surface area contributed by atoms with Crippen LogP contribution >= 0.6 is 0 Å². The van der Waals surface area contributed by atoms with Gasteiger partial charge in [-0.15, -0.1) is 0 Å². The third-order valence-electron chi connectivity index (χ3n) is 7.63. The van der Waals surface area contributed by atoms with E-state index in [2.05, 4.69) is 0 Å². The maximum absolute atomic E-state index is 13.7. The number of hydrogen-bond donors (Lipinski definition) is 1. The summed E-state index contributed by atoms with van der Waals surface area (Å²) in [7, 11) is 0. The van der Waals surface area contributed by atoms with Gasteiger partial charge in [0.05, 0.1) is 12.0 Å². The Bertz CT molecular complexity index is 1550. The number of amides is 2. The van der Waals surface area contributed by atoms with Crippen molar-refractivity contribution in [2.45, 2.75) is 31.6 Å². The quantitative estimate of drug-likeness (QED) is 0.330. The van der Waals surface area contributed by atoms with Gasteiger partial charge < -0.3 is 15.1 Å². The molecule has 1 aliphatic carbocycles. The average molecular weight is 519 g/mol. The number of hydrogen-bond acceptors (Lipinski definition) is 3. The number of carbonyl (C=O) groups excluding carboxylic acids is 2. The number of furan rings is 1. The fraction of sp³-hybridized carbons (Fsp3) is 0.267. The van der Waals surface area contributed by atoms with Crippen molar-refractivity contribution >= 4 is 22.8 Å². The van der Waals surface area contributed by atoms with Crippen molar-refractivity contribution in [2.75, 3.05) is 13.1 Å². The topological polar surface area (TPSA) is 76.5 Å². The smallest absolute Gasteiger partial charge is 0.267 e. The van der Waals surface area contributed by atoms with Crippen LogP contribution in [0.2, 0.25) is 0 Å². The van der Waals surface area contributed by atoms with Gasteiger partial charge in [0.2, 0.25) is 5.91 Å². The van der Waals surface area contributed by atoms with Crippen LogP contribution < -0.4 is 5.73 Å². The molecule has 5 nitrogen and oxygen atoms in total. The van der Waals surface area contributed by atoms with E-state index in [0.29, 0.717) is 23.3 Å². The number of primary amides is 1. The van der Waals surface area contributed by atoms with Gasteiger partial charge in [-0.1, -0.05) is 24.3 Å². The van der Waals surface area contributed by atoms with Gasteiger partial charge in [-0.25, -0.2) is 13.2 Å². The zero-order valence-corrected chi connectivity index (χ0v) is 20.5. The summed E-state index contributed by atoms with van der Waals surface area (Å²) in [5.41, 5.74) is 9.20. The molecular weight excluding hydrogens is 493 g/mol. The molecule has 0 unspecified atom stereocenters. The van der Waals surface area contributed by atoms with E-state index < -0.39 is 23.8 Å². The van der Waals surface area contributed by atoms with Crippen LogP contribution in [0.25, 0.3) is 33.2 Å². The lowest BCUT2D eigenvalue weighted by Gasteiger charge is -2.16. The summed E-state index contributed by atoms with van der Waals surface area (Å²) < 4.78 is 47.0. The number of halogens is 3. The molecule has 194 valence electrons. The fourth-order valence-corrected chi connectivity index (χ4v) is 5.20. The number of rotatable bonds is 6. The number of likely N-dealkylation sites (tertiary alicyclic amines) is 1. The van der Waals surface area contributed by atoms with Crippen LogP contribution in [-0.2, 0) is 11.2 Å². The van der Waals surface area contributed by atoms with Crippen LogP contribution in [0.3, 0.4) is 0 Å². The number of benzene rings is 3. The van der Waals surface area contributed by atoms with Gasteiger partial charge in [0.15, 0.2) is 0 Å². The number of nitrogens with zero attached hydrogens (tertiary/aromatic N) is 1. The van der Waals surface area contributed by atoms with Crippen molar-refractivity contribution in [3.05, 3.63) is 83.9 Å². The Morgan fingerprint density at radius 3 is 2.18 bits per heavy atom. The van der Waals surface area contributed by atoms with E-state index in [-0.39, 0.29) is 24.7 Å². The highest BCUT2D eigenvalue weighted by Gasteiger charge is 2.49. The van der Waals surface area contributed by atoms with Gasteiger partial charge in [-0.05, 0) is 72.0 Å². The highest BCUT2D eigenvalue weighted by molar-refractivity contribution is 5.98. The first-order valence-corrected chi connectivity index (χ1v) is 12.5. The summed E-state index contributed by atoms with van der Waals surface area (Å²) >= 11 is 0. The SMILES string of the molecule is NC(=O)C1(Cc2cc3cc(-c4ccc(C(=O)N5CCC(F)(F)C5)cc4)cc(-c4ccc(F)cc4)c3o2)CC1. The molecule has 0 radical (unpaired) electrons. The third-order valence-corrected chi connectivity index (χ3v) is 7.63. The van der Waals surface area contributed by atoms with E-state index in [1.165, 1.54) is 17.0 Å². The van der Waals surface area contributed by atoms with Crippen molar-refractivity contribution in [3.63, 3.8) is 0 Å². The Balaban J connectivity index is 1.37. The van der Waals surface area contributed by atoms with Crippen LogP contribution in [-0.4, -0.2) is 35.7 Å². The molecule has 2 fully saturated rings. The zero-order chi connectivity index (χ0) is 26.7. The number of fused-ring (bicyclic) bond motifs is 1. The third kappa shape index (κ3) is 4.44. The standard InChI is InChI=1S/C30H25F3N2O3/c31-23-7-5-19(6-8-23)25-15-21(13-22-14-24(38-26(22)25)16-29(9-10-29)28(34)37)18-1-3-20(4-2-18)27(36)35-12-11-30(32,33)17-35/h1-8,13-15H,9-12,16-17H2,(H2,34,37). The first-order valence-electron chi connectivity index (χ1n) is 12.5. The molecule has 6 rings (SSSR count). The number of nitrogens with two attached hydrogens (primary N) is 1. The monoisotopic (exact) mass is 518 g/mol. The molecule has 1 aromatic heterocycles. The maximum atomic E-state index is 13.7. The van der Waals surface area contributed by atoms with E-state index >= 15 is 0 Å².